The van der Waals surface area contributed by atoms with E-state index in [2.05, 4.69) is 48.1 Å². The molecule has 32 heavy (non-hydrogen) atoms. The van der Waals surface area contributed by atoms with E-state index < -0.39 is 5.60 Å². The van der Waals surface area contributed by atoms with Crippen LogP contribution in [0.3, 0.4) is 0 Å². The van der Waals surface area contributed by atoms with Crippen molar-refractivity contribution in [1.29, 1.82) is 0 Å². The second-order valence-corrected chi connectivity index (χ2v) is 9.55. The van der Waals surface area contributed by atoms with Gasteiger partial charge in [0, 0.05) is 11.5 Å². The van der Waals surface area contributed by atoms with Crippen molar-refractivity contribution in [3.63, 3.8) is 0 Å². The minimum atomic E-state index is -1.08. The maximum Gasteiger partial charge on any atom is 0.164 e. The van der Waals surface area contributed by atoms with Gasteiger partial charge < -0.3 is 20.3 Å². The Kier molecular flexibility index (Phi) is 5.93. The highest BCUT2D eigenvalue weighted by atomic mass is 16.5. The number of aromatic nitrogens is 2. The van der Waals surface area contributed by atoms with Crippen LogP contribution in [-0.4, -0.2) is 27.2 Å². The third kappa shape index (κ3) is 4.92. The fraction of sp³-hybridized carbons (Fsp3) is 0.385. The Morgan fingerprint density at radius 1 is 0.812 bits per heavy atom. The molecule has 1 aliphatic carbocycles. The van der Waals surface area contributed by atoms with Crippen LogP contribution < -0.4 is 15.2 Å². The largest absolute Gasteiger partial charge is 0.490 e. The van der Waals surface area contributed by atoms with Crippen molar-refractivity contribution in [2.45, 2.75) is 63.7 Å². The quantitative estimate of drug-likeness (QED) is 0.562. The fourth-order valence-corrected chi connectivity index (χ4v) is 3.77. The molecule has 1 heterocycles. The van der Waals surface area contributed by atoms with Gasteiger partial charge in [-0.3, -0.25) is 0 Å². The Balaban J connectivity index is 1.42. The van der Waals surface area contributed by atoms with E-state index >= 15 is 0 Å². The van der Waals surface area contributed by atoms with Gasteiger partial charge in [0.1, 0.15) is 23.2 Å². The molecule has 0 saturated heterocycles. The average molecular weight is 434 g/mol. The van der Waals surface area contributed by atoms with Gasteiger partial charge >= 0.3 is 0 Å². The first-order chi connectivity index (χ1) is 15.1. The number of nitrogens with zero attached hydrogens (tertiary/aromatic N) is 2. The van der Waals surface area contributed by atoms with Crippen LogP contribution in [0, 0.1) is 0 Å². The van der Waals surface area contributed by atoms with Gasteiger partial charge in [-0.25, -0.2) is 9.97 Å². The molecular formula is C26H31N3O3. The normalized spacial score (nSPS) is 18.7. The van der Waals surface area contributed by atoms with Crippen LogP contribution in [0.5, 0.6) is 17.2 Å². The molecule has 0 atom stereocenters. The number of hydrogen-bond acceptors (Lipinski definition) is 6. The Bertz CT molecular complexity index is 1030. The molecule has 1 fully saturated rings. The Morgan fingerprint density at radius 2 is 1.31 bits per heavy atom. The molecule has 168 valence electrons. The molecule has 4 rings (SSSR count). The fourth-order valence-electron chi connectivity index (χ4n) is 3.77. The molecule has 3 aromatic rings. The first-order valence-corrected chi connectivity index (χ1v) is 11.0. The number of nitrogens with two attached hydrogens (primary N) is 1. The van der Waals surface area contributed by atoms with E-state index in [1.807, 2.05) is 24.3 Å². The van der Waals surface area contributed by atoms with E-state index in [1.54, 1.807) is 26.2 Å². The molecular weight excluding hydrogens is 402 g/mol. The lowest BCUT2D eigenvalue weighted by Crippen LogP contribution is -2.43. The number of ether oxygens (including phenoxy) is 2. The summed E-state index contributed by atoms with van der Waals surface area (Å²) in [7, 11) is 0. The molecule has 3 N–H and O–H groups in total. The zero-order valence-electron chi connectivity index (χ0n) is 19.1. The third-order valence-electron chi connectivity index (χ3n) is 6.00. The summed E-state index contributed by atoms with van der Waals surface area (Å²) in [6, 6.07) is 16.6. The molecule has 0 amide bonds. The third-order valence-corrected chi connectivity index (χ3v) is 6.00. The van der Waals surface area contributed by atoms with Crippen LogP contribution in [0.25, 0.3) is 0 Å². The lowest BCUT2D eigenvalue weighted by molar-refractivity contribution is 0.0685. The summed E-state index contributed by atoms with van der Waals surface area (Å²) in [5.74, 6) is 2.47. The monoisotopic (exact) mass is 433 g/mol. The van der Waals surface area contributed by atoms with Crippen molar-refractivity contribution in [1.82, 2.24) is 9.97 Å². The summed E-state index contributed by atoms with van der Waals surface area (Å²) in [6.07, 6.45) is 5.24. The van der Waals surface area contributed by atoms with Gasteiger partial charge in [0.25, 0.3) is 0 Å². The molecule has 0 bridgehead atoms. The van der Waals surface area contributed by atoms with Crippen LogP contribution in [0.15, 0.2) is 60.9 Å². The van der Waals surface area contributed by atoms with Crippen molar-refractivity contribution in [3.05, 3.63) is 77.9 Å². The van der Waals surface area contributed by atoms with Gasteiger partial charge in [0.15, 0.2) is 11.6 Å². The maximum atomic E-state index is 9.97. The van der Waals surface area contributed by atoms with Gasteiger partial charge in [-0.2, -0.15) is 0 Å². The summed E-state index contributed by atoms with van der Waals surface area (Å²) in [6.45, 7) is 7.70. The van der Waals surface area contributed by atoms with Gasteiger partial charge in [-0.15, -0.1) is 0 Å². The number of aliphatic hydroxyl groups is 1. The SMILES string of the molecule is CC(C)(O)c1ncc(Oc2ccc(C(C)(C)c3ccc(O[C@H]4C[C@H](N)C4)cc3)cc2)cn1. The highest BCUT2D eigenvalue weighted by molar-refractivity contribution is 5.42. The molecule has 6 heteroatoms. The number of benzene rings is 2. The zero-order valence-corrected chi connectivity index (χ0v) is 19.1. The summed E-state index contributed by atoms with van der Waals surface area (Å²) < 4.78 is 11.8. The smallest absolute Gasteiger partial charge is 0.164 e. The van der Waals surface area contributed by atoms with E-state index in [9.17, 15) is 5.11 Å². The van der Waals surface area contributed by atoms with Crippen molar-refractivity contribution >= 4 is 0 Å². The predicted molar refractivity (Wildman–Crippen MR) is 124 cm³/mol. The molecule has 0 radical (unpaired) electrons. The van der Waals surface area contributed by atoms with E-state index in [-0.39, 0.29) is 17.6 Å². The summed E-state index contributed by atoms with van der Waals surface area (Å²) >= 11 is 0. The Hall–Kier alpha value is -2.96. The van der Waals surface area contributed by atoms with E-state index in [0.717, 1.165) is 18.6 Å². The van der Waals surface area contributed by atoms with Crippen molar-refractivity contribution in [2.24, 2.45) is 5.73 Å². The van der Waals surface area contributed by atoms with Gasteiger partial charge in [0.2, 0.25) is 0 Å². The lowest BCUT2D eigenvalue weighted by Gasteiger charge is -2.33. The van der Waals surface area contributed by atoms with Crippen molar-refractivity contribution < 1.29 is 14.6 Å². The van der Waals surface area contributed by atoms with E-state index in [4.69, 9.17) is 15.2 Å². The second-order valence-electron chi connectivity index (χ2n) is 9.55. The predicted octanol–water partition coefficient (Wildman–Crippen LogP) is 4.69. The first-order valence-electron chi connectivity index (χ1n) is 11.0. The van der Waals surface area contributed by atoms with Gasteiger partial charge in [-0.1, -0.05) is 38.1 Å². The van der Waals surface area contributed by atoms with Gasteiger partial charge in [0.05, 0.1) is 12.4 Å². The maximum absolute atomic E-state index is 9.97. The minimum absolute atomic E-state index is 0.173. The number of rotatable bonds is 7. The van der Waals surface area contributed by atoms with E-state index in [0.29, 0.717) is 17.3 Å². The van der Waals surface area contributed by atoms with Crippen LogP contribution in [-0.2, 0) is 11.0 Å². The average Bonchev–Trinajstić information content (AvgIpc) is 2.73. The van der Waals surface area contributed by atoms with Crippen LogP contribution in [0.2, 0.25) is 0 Å². The molecule has 6 nitrogen and oxygen atoms in total. The molecule has 0 unspecified atom stereocenters. The van der Waals surface area contributed by atoms with Crippen molar-refractivity contribution in [3.8, 4) is 17.2 Å². The molecule has 0 spiro atoms. The number of hydrogen-bond donors (Lipinski definition) is 2. The summed E-state index contributed by atoms with van der Waals surface area (Å²) in [4.78, 5) is 8.36. The molecule has 2 aromatic carbocycles. The minimum Gasteiger partial charge on any atom is -0.490 e. The topological polar surface area (TPSA) is 90.5 Å². The van der Waals surface area contributed by atoms with Crippen LogP contribution in [0.1, 0.15) is 57.5 Å². The first kappa shape index (κ1) is 22.2. The molecule has 1 aliphatic rings. The van der Waals surface area contributed by atoms with Crippen LogP contribution >= 0.6 is 0 Å². The Labute approximate surface area is 189 Å². The molecule has 0 aliphatic heterocycles. The highest BCUT2D eigenvalue weighted by Gasteiger charge is 2.28. The summed E-state index contributed by atoms with van der Waals surface area (Å²) in [5, 5.41) is 9.97. The van der Waals surface area contributed by atoms with Crippen LogP contribution in [0.4, 0.5) is 0 Å². The van der Waals surface area contributed by atoms with Crippen molar-refractivity contribution in [2.75, 3.05) is 0 Å². The highest BCUT2D eigenvalue weighted by Crippen LogP contribution is 2.34. The standard InChI is InChI=1S/C26H31N3O3/c1-25(2,17-5-9-20(10-6-17)31-22-13-19(27)14-22)18-7-11-21(12-8-18)32-23-15-28-24(29-16-23)26(3,4)30/h5-12,15-16,19,22,30H,13-14,27H2,1-4H3/t19-,22-. The summed E-state index contributed by atoms with van der Waals surface area (Å²) in [5.41, 5.74) is 6.97. The van der Waals surface area contributed by atoms with E-state index in [1.165, 1.54) is 11.1 Å². The second kappa shape index (κ2) is 8.52. The van der Waals surface area contributed by atoms with Gasteiger partial charge in [-0.05, 0) is 62.1 Å². The Morgan fingerprint density at radius 3 is 1.78 bits per heavy atom. The lowest BCUT2D eigenvalue weighted by atomic mass is 9.78. The molecule has 1 saturated carbocycles. The molecule has 1 aromatic heterocycles. The zero-order chi connectivity index (χ0) is 22.9.